The van der Waals surface area contributed by atoms with Crippen molar-refractivity contribution < 1.29 is 107 Å². The van der Waals surface area contributed by atoms with Crippen LogP contribution in [0.3, 0.4) is 0 Å². The molecule has 0 saturated carbocycles. The molecule has 0 saturated heterocycles. The molecule has 10 heterocycles. The molecule has 10 aromatic heterocycles. The summed E-state index contributed by atoms with van der Waals surface area (Å²) in [6, 6.07) is 17.5. The third kappa shape index (κ3) is 39.2. The number of alkyl halides is 15. The van der Waals surface area contributed by atoms with Crippen LogP contribution >= 0.6 is 81.5 Å². The Hall–Kier alpha value is -9.50. The van der Waals surface area contributed by atoms with Gasteiger partial charge in [-0.1, -0.05) is 58.0 Å². The molecular weight excluding hydrogens is 1980 g/mol. The van der Waals surface area contributed by atoms with Crippen molar-refractivity contribution >= 4 is 171 Å². The van der Waals surface area contributed by atoms with E-state index >= 15 is 0 Å². The molecule has 29 nitrogen and oxygen atoms in total. The van der Waals surface area contributed by atoms with Gasteiger partial charge >= 0.3 is 30.9 Å². The van der Waals surface area contributed by atoms with E-state index in [1.807, 2.05) is 0 Å². The van der Waals surface area contributed by atoms with Gasteiger partial charge < -0.3 is 24.5 Å². The zero-order valence-electron chi connectivity index (χ0n) is 70.4. The van der Waals surface area contributed by atoms with Gasteiger partial charge in [0.2, 0.25) is 29.5 Å². The fourth-order valence-corrected chi connectivity index (χ4v) is 17.2. The Labute approximate surface area is 785 Å². The molecule has 0 aliphatic heterocycles. The summed E-state index contributed by atoms with van der Waals surface area (Å²) in [5.41, 5.74) is 5.16. The van der Waals surface area contributed by atoms with E-state index in [0.717, 1.165) is 23.5 Å². The summed E-state index contributed by atoms with van der Waals surface area (Å²) in [7, 11) is -4.43. The highest BCUT2D eigenvalue weighted by Crippen LogP contribution is 2.34. The van der Waals surface area contributed by atoms with Crippen molar-refractivity contribution in [2.24, 2.45) is 0 Å². The average molecular weight is 2070 g/mol. The third-order valence-corrected chi connectivity index (χ3v) is 25.2. The lowest BCUT2D eigenvalue weighted by atomic mass is 10.3. The molecule has 0 aliphatic rings. The summed E-state index contributed by atoms with van der Waals surface area (Å²) in [4.78, 5) is 88.3. The van der Waals surface area contributed by atoms with Crippen molar-refractivity contribution in [1.29, 1.82) is 0 Å². The first-order chi connectivity index (χ1) is 62.0. The third-order valence-electron chi connectivity index (χ3n) is 17.6. The lowest BCUT2D eigenvalue weighted by Crippen LogP contribution is -2.32. The van der Waals surface area contributed by atoms with Crippen LogP contribution in [0.1, 0.15) is 85.0 Å². The Morgan fingerprint density at radius 2 is 0.598 bits per heavy atom. The highest BCUT2D eigenvalue weighted by Gasteiger charge is 2.34. The number of pyridine rings is 5. The van der Waals surface area contributed by atoms with E-state index in [4.69, 9.17) is 58.0 Å². The second-order valence-electron chi connectivity index (χ2n) is 27.3. The first-order valence-corrected chi connectivity index (χ1v) is 48.1. The number of anilines is 5. The zero-order chi connectivity index (χ0) is 97.9. The second kappa shape index (κ2) is 53.0. The molecule has 54 heteroatoms. The van der Waals surface area contributed by atoms with Gasteiger partial charge in [-0.3, -0.25) is 57.3 Å². The Kier molecular flexibility index (Phi) is 44.6. The highest BCUT2D eigenvalue weighted by atomic mass is 35.5. The Balaban J connectivity index is 0.000000254. The molecule has 0 aromatic carbocycles. The van der Waals surface area contributed by atoms with Gasteiger partial charge in [-0.2, -0.15) is 115 Å². The normalized spacial score (nSPS) is 12.2. The van der Waals surface area contributed by atoms with E-state index < -0.39 is 136 Å². The smallest absolute Gasteiger partial charge is 0.311 e. The largest absolute Gasteiger partial charge is 0.390 e. The van der Waals surface area contributed by atoms with Crippen LogP contribution in [0.2, 0.25) is 25.8 Å². The van der Waals surface area contributed by atoms with Crippen LogP contribution in [0, 0.1) is 0 Å². The van der Waals surface area contributed by atoms with Crippen molar-refractivity contribution in [1.82, 2.24) is 73.8 Å². The van der Waals surface area contributed by atoms with E-state index in [1.54, 1.807) is 169 Å². The van der Waals surface area contributed by atoms with Crippen molar-refractivity contribution in [2.75, 3.05) is 116 Å². The number of nitrogens with zero attached hydrogens (tertiary/aromatic N) is 20. The van der Waals surface area contributed by atoms with Crippen molar-refractivity contribution in [3.05, 3.63) is 179 Å². The number of amides is 5. The van der Waals surface area contributed by atoms with Gasteiger partial charge in [0, 0.05) is 164 Å². The average Bonchev–Trinajstić information content (AvgIpc) is 1.67. The van der Waals surface area contributed by atoms with Gasteiger partial charge in [0.25, 0.3) is 0 Å². The van der Waals surface area contributed by atoms with Gasteiger partial charge in [-0.15, -0.1) is 0 Å². The quantitative estimate of drug-likeness (QED) is 0.0256. The number of carbonyl (C=O) groups is 5. The van der Waals surface area contributed by atoms with Gasteiger partial charge in [0.15, 0.2) is 35.6 Å². The summed E-state index contributed by atoms with van der Waals surface area (Å²) >= 11 is 32.8. The van der Waals surface area contributed by atoms with E-state index in [1.165, 1.54) is 67.3 Å². The topological polar surface area (TPSA) is 323 Å². The SMILES string of the molecule is CCN(C(=O)CCS(=O)(=O)CCC(F)(F)F)c1cn(-c2cccnc2)nc1Cl.CCN(C(=O)CCS(=O)CCC(F)(F)F)c1cn(-c2cccnc2)nc1Cl.CCN(C(=O)CCSCCC(F)(F)F)c1cn(-c2cccnc2)nc1Cl.CN(C(=O)CCS(=O)CCC(F)(F)F)c1cn(-c2cccnc2)nc1Cl.CN(C(=O)CCSCCC(F)(F)F)c1cn(-c2cccnc2)nc1Cl. The molecule has 722 valence electrons. The fraction of sp³-hybridized carbons (Fsp3) is 0.423. The molecule has 10 aromatic rings. The Morgan fingerprint density at radius 3 is 0.871 bits per heavy atom. The Morgan fingerprint density at radius 1 is 0.348 bits per heavy atom. The second-order valence-corrected chi connectivity index (χ2v) is 37.2. The Bertz CT molecular complexity index is 5470. The molecule has 0 aliphatic carbocycles. The molecule has 0 bridgehead atoms. The first kappa shape index (κ1) is 111. The molecule has 0 N–H and O–H groups in total. The molecule has 2 unspecified atom stereocenters. The molecule has 0 fully saturated rings. The summed E-state index contributed by atoms with van der Waals surface area (Å²) in [6.45, 7) is 6.04. The number of thioether (sulfide) groups is 2. The predicted molar refractivity (Wildman–Crippen MR) is 478 cm³/mol. The van der Waals surface area contributed by atoms with Crippen LogP contribution in [0.4, 0.5) is 94.3 Å². The van der Waals surface area contributed by atoms with Crippen LogP contribution in [0.25, 0.3) is 28.4 Å². The number of aromatic nitrogens is 15. The summed E-state index contributed by atoms with van der Waals surface area (Å²) in [5.74, 6) is -4.34. The van der Waals surface area contributed by atoms with Gasteiger partial charge in [-0.25, -0.2) is 31.8 Å². The summed E-state index contributed by atoms with van der Waals surface area (Å²) in [6.07, 6.45) is -3.73. The van der Waals surface area contributed by atoms with Crippen molar-refractivity contribution in [2.45, 2.75) is 116 Å². The summed E-state index contributed by atoms with van der Waals surface area (Å²) in [5, 5.41) is 21.2. The minimum Gasteiger partial charge on any atom is -0.311 e. The lowest BCUT2D eigenvalue weighted by molar-refractivity contribution is -0.130. The maximum Gasteiger partial charge on any atom is 0.390 e. The minimum absolute atomic E-state index is 0.0268. The van der Waals surface area contributed by atoms with E-state index in [-0.39, 0.29) is 111 Å². The number of hydrogen-bond donors (Lipinski definition) is 0. The molecule has 132 heavy (non-hydrogen) atoms. The number of sulfone groups is 1. The number of rotatable bonds is 38. The number of carbonyl (C=O) groups excluding carboxylic acids is 5. The van der Waals surface area contributed by atoms with E-state index in [2.05, 4.69) is 50.4 Å². The summed E-state index contributed by atoms with van der Waals surface area (Å²) < 4.78 is 236. The standard InChI is InChI=1S/C16H18ClF3N4O3S.C16H18ClF3N4O2S.C16H18ClF3N4OS.C15H16ClF3N4O2S.C15H16ClF3N4OS/c1-2-23(14(25)5-8-28(26,27)9-6-16(18,19)20)13-11-24(22-15(13)17)12-4-3-7-21-10-12;1-2-23(14(25)5-8-27(26)9-6-16(18,19)20)13-11-24(22-15(13)17)12-4-3-7-21-10-12;1-2-23(14(25)5-8-26-9-6-16(18,19)20)13-11-24(22-15(13)17)12-4-3-7-21-10-12;1-22(13(24)4-7-26(25)8-5-15(17,18)19)12-10-23(21-14(12)16)11-3-2-6-20-9-11;1-22(13(24)4-7-25-8-5-15(17,18)19)12-10-23(21-14(12)16)11-3-2-6-20-9-11/h3-4,7,10-11H,2,5-6,8-9H2,1H3;3-4,7,10-11H,2,5-6,8-9H2,1H3;3-4,7,10-11H,2,5-6,8-9H2,1H3;2-3,6,9-10H,4-5,7-8H2,1H3;2-3,6,9-10H,4-5,7-8H2,1H3. The first-order valence-electron chi connectivity index (χ1n) is 39.1. The van der Waals surface area contributed by atoms with Gasteiger partial charge in [0.1, 0.15) is 28.4 Å². The van der Waals surface area contributed by atoms with E-state index in [0.29, 0.717) is 69.2 Å². The van der Waals surface area contributed by atoms with Crippen molar-refractivity contribution in [3.8, 4) is 28.4 Å². The van der Waals surface area contributed by atoms with Gasteiger partial charge in [0.05, 0.1) is 134 Å². The van der Waals surface area contributed by atoms with E-state index in [9.17, 15) is 107 Å². The zero-order valence-corrected chi connectivity index (χ0v) is 78.3. The molecule has 10 rings (SSSR count). The number of halogens is 20. The van der Waals surface area contributed by atoms with Crippen LogP contribution in [-0.2, 0) is 55.4 Å². The number of hydrogen-bond acceptors (Lipinski definition) is 21. The molecular formula is C78H86Cl5F15N20O9S5. The van der Waals surface area contributed by atoms with Crippen LogP contribution in [0.15, 0.2) is 154 Å². The van der Waals surface area contributed by atoms with Gasteiger partial charge in [-0.05, 0) is 81.4 Å². The fourth-order valence-electron chi connectivity index (χ4n) is 10.9. The minimum atomic E-state index is -4.57. The lowest BCUT2D eigenvalue weighted by Gasteiger charge is -2.19. The molecule has 2 atom stereocenters. The predicted octanol–water partition coefficient (Wildman–Crippen LogP) is 17.7. The van der Waals surface area contributed by atoms with Crippen molar-refractivity contribution in [3.63, 3.8) is 0 Å². The highest BCUT2D eigenvalue weighted by molar-refractivity contribution is 7.99. The van der Waals surface area contributed by atoms with Crippen LogP contribution in [0.5, 0.6) is 0 Å². The van der Waals surface area contributed by atoms with Crippen LogP contribution < -0.4 is 24.5 Å². The molecule has 0 spiro atoms. The molecule has 0 radical (unpaired) electrons. The maximum atomic E-state index is 12.5. The monoisotopic (exact) mass is 2070 g/mol. The molecule has 5 amide bonds. The maximum absolute atomic E-state index is 12.5. The van der Waals surface area contributed by atoms with Crippen LogP contribution in [-0.4, -0.2) is 242 Å².